The summed E-state index contributed by atoms with van der Waals surface area (Å²) in [6.45, 7) is 7.51. The van der Waals surface area contributed by atoms with E-state index in [4.69, 9.17) is 0 Å². The summed E-state index contributed by atoms with van der Waals surface area (Å²) in [5.41, 5.74) is 0.316. The van der Waals surface area contributed by atoms with Crippen molar-refractivity contribution >= 4 is 5.91 Å². The van der Waals surface area contributed by atoms with Crippen molar-refractivity contribution in [1.29, 1.82) is 0 Å². The molecular weight excluding hydrogens is 324 g/mol. The molecule has 1 aromatic rings. The molecule has 2 aliphatic heterocycles. The van der Waals surface area contributed by atoms with Crippen molar-refractivity contribution in [3.8, 4) is 0 Å². The second-order valence-corrected chi connectivity index (χ2v) is 8.81. The number of hydrogen-bond acceptors (Lipinski definition) is 3. The number of amides is 1. The first-order chi connectivity index (χ1) is 12.7. The molecule has 0 radical (unpaired) electrons. The second kappa shape index (κ2) is 7.71. The van der Waals surface area contributed by atoms with Gasteiger partial charge in [-0.3, -0.25) is 9.69 Å². The smallest absolute Gasteiger partial charge is 0.222 e. The highest BCUT2D eigenvalue weighted by Gasteiger charge is 2.43. The normalized spacial score (nSPS) is 28.3. The van der Waals surface area contributed by atoms with Gasteiger partial charge in [-0.1, -0.05) is 19.8 Å². The molecule has 5 nitrogen and oxygen atoms in total. The molecular formula is C21H34N4O. The van der Waals surface area contributed by atoms with E-state index in [0.29, 0.717) is 17.4 Å². The molecule has 0 N–H and O–H groups in total. The fourth-order valence-corrected chi connectivity index (χ4v) is 5.51. The van der Waals surface area contributed by atoms with E-state index in [1.54, 1.807) is 0 Å². The standard InChI is InChI=1S/C21H34N4O/c1-2-12-24-14-11-22-19(24)15-23-13-5-9-21(16-23)10-8-20(26)25(17-21)18-6-3-4-7-18/h11,14,18H,2-10,12-13,15-17H2,1H3/t21-/m0/s1. The summed E-state index contributed by atoms with van der Waals surface area (Å²) in [6, 6.07) is 0.526. The lowest BCUT2D eigenvalue weighted by Crippen LogP contribution is -2.56. The molecule has 26 heavy (non-hydrogen) atoms. The highest BCUT2D eigenvalue weighted by molar-refractivity contribution is 5.77. The van der Waals surface area contributed by atoms with Crippen LogP contribution in [0.25, 0.3) is 0 Å². The maximum atomic E-state index is 12.6. The number of nitrogens with zero attached hydrogens (tertiary/aromatic N) is 4. The third-order valence-corrected chi connectivity index (χ3v) is 6.83. The average Bonchev–Trinajstić information content (AvgIpc) is 3.31. The van der Waals surface area contributed by atoms with Crippen molar-refractivity contribution in [1.82, 2.24) is 19.4 Å². The molecule has 5 heteroatoms. The SMILES string of the molecule is CCCn1ccnc1CN1CCC[C@]2(CCC(=O)N(C3CCCC3)C2)C1. The van der Waals surface area contributed by atoms with Crippen LogP contribution in [-0.4, -0.2) is 50.9 Å². The highest BCUT2D eigenvalue weighted by Crippen LogP contribution is 2.41. The van der Waals surface area contributed by atoms with Gasteiger partial charge >= 0.3 is 0 Å². The Labute approximate surface area is 157 Å². The van der Waals surface area contributed by atoms with Crippen molar-refractivity contribution in [2.45, 2.75) is 83.8 Å². The van der Waals surface area contributed by atoms with Crippen molar-refractivity contribution in [3.63, 3.8) is 0 Å². The Morgan fingerprint density at radius 3 is 2.85 bits per heavy atom. The lowest BCUT2D eigenvalue weighted by Gasteiger charge is -2.49. The molecule has 2 saturated heterocycles. The van der Waals surface area contributed by atoms with E-state index in [9.17, 15) is 4.79 Å². The Bertz CT molecular complexity index is 621. The zero-order chi connectivity index (χ0) is 18.0. The quantitative estimate of drug-likeness (QED) is 0.810. The Morgan fingerprint density at radius 2 is 2.04 bits per heavy atom. The van der Waals surface area contributed by atoms with Crippen LogP contribution in [0.2, 0.25) is 0 Å². The molecule has 3 heterocycles. The summed E-state index contributed by atoms with van der Waals surface area (Å²) in [4.78, 5) is 22.0. The molecule has 1 spiro atoms. The fourth-order valence-electron chi connectivity index (χ4n) is 5.51. The van der Waals surface area contributed by atoms with E-state index in [1.807, 2.05) is 6.20 Å². The first-order valence-corrected chi connectivity index (χ1v) is 10.7. The maximum absolute atomic E-state index is 12.6. The van der Waals surface area contributed by atoms with Gasteiger partial charge in [-0.05, 0) is 45.1 Å². The number of imidazole rings is 1. The maximum Gasteiger partial charge on any atom is 0.222 e. The van der Waals surface area contributed by atoms with Crippen molar-refractivity contribution < 1.29 is 4.79 Å². The van der Waals surface area contributed by atoms with Gasteiger partial charge in [0.15, 0.2) is 0 Å². The van der Waals surface area contributed by atoms with Gasteiger partial charge in [0.25, 0.3) is 0 Å². The van der Waals surface area contributed by atoms with Gasteiger partial charge < -0.3 is 9.47 Å². The Hall–Kier alpha value is -1.36. The first-order valence-electron chi connectivity index (χ1n) is 10.7. The Morgan fingerprint density at radius 1 is 1.19 bits per heavy atom. The number of likely N-dealkylation sites (tertiary alicyclic amines) is 2. The zero-order valence-electron chi connectivity index (χ0n) is 16.3. The van der Waals surface area contributed by atoms with Crippen LogP contribution in [0.4, 0.5) is 0 Å². The van der Waals surface area contributed by atoms with Gasteiger partial charge in [0.2, 0.25) is 5.91 Å². The summed E-state index contributed by atoms with van der Waals surface area (Å²) in [5.74, 6) is 1.61. The predicted octanol–water partition coefficient (Wildman–Crippen LogP) is 3.44. The van der Waals surface area contributed by atoms with Crippen molar-refractivity contribution in [3.05, 3.63) is 18.2 Å². The minimum absolute atomic E-state index is 0.316. The van der Waals surface area contributed by atoms with Crippen LogP contribution in [0, 0.1) is 5.41 Å². The topological polar surface area (TPSA) is 41.4 Å². The minimum atomic E-state index is 0.316. The van der Waals surface area contributed by atoms with Gasteiger partial charge in [-0.2, -0.15) is 0 Å². The monoisotopic (exact) mass is 358 g/mol. The van der Waals surface area contributed by atoms with Gasteiger partial charge in [0, 0.05) is 49.9 Å². The van der Waals surface area contributed by atoms with E-state index in [0.717, 1.165) is 52.0 Å². The van der Waals surface area contributed by atoms with E-state index in [2.05, 4.69) is 32.5 Å². The van der Waals surface area contributed by atoms with Crippen LogP contribution in [0.15, 0.2) is 12.4 Å². The second-order valence-electron chi connectivity index (χ2n) is 8.81. The van der Waals surface area contributed by atoms with Crippen LogP contribution in [0.5, 0.6) is 0 Å². The number of carbonyl (C=O) groups excluding carboxylic acids is 1. The summed E-state index contributed by atoms with van der Waals surface area (Å²) in [6.07, 6.45) is 14.6. The number of aromatic nitrogens is 2. The summed E-state index contributed by atoms with van der Waals surface area (Å²) in [7, 11) is 0. The molecule has 1 aromatic heterocycles. The van der Waals surface area contributed by atoms with Gasteiger partial charge in [0.1, 0.15) is 5.82 Å². The fraction of sp³-hybridized carbons (Fsp3) is 0.810. The van der Waals surface area contributed by atoms with Crippen LogP contribution < -0.4 is 0 Å². The lowest BCUT2D eigenvalue weighted by atomic mass is 9.73. The largest absolute Gasteiger partial charge is 0.339 e. The number of carbonyl (C=O) groups is 1. The number of rotatable bonds is 5. The van der Waals surface area contributed by atoms with E-state index in [1.165, 1.54) is 44.3 Å². The molecule has 0 bridgehead atoms. The molecule has 144 valence electrons. The van der Waals surface area contributed by atoms with E-state index in [-0.39, 0.29) is 0 Å². The van der Waals surface area contributed by atoms with Crippen LogP contribution in [0.1, 0.15) is 70.5 Å². The number of hydrogen-bond donors (Lipinski definition) is 0. The van der Waals surface area contributed by atoms with E-state index >= 15 is 0 Å². The predicted molar refractivity (Wildman–Crippen MR) is 103 cm³/mol. The molecule has 4 rings (SSSR count). The molecule has 1 aliphatic carbocycles. The molecule has 0 aromatic carbocycles. The summed E-state index contributed by atoms with van der Waals surface area (Å²) < 4.78 is 2.30. The third kappa shape index (κ3) is 3.68. The molecule has 0 unspecified atom stereocenters. The molecule has 1 amide bonds. The summed E-state index contributed by atoms with van der Waals surface area (Å²) >= 11 is 0. The van der Waals surface area contributed by atoms with Crippen molar-refractivity contribution in [2.75, 3.05) is 19.6 Å². The van der Waals surface area contributed by atoms with E-state index < -0.39 is 0 Å². The van der Waals surface area contributed by atoms with Gasteiger partial charge in [-0.15, -0.1) is 0 Å². The Kier molecular flexibility index (Phi) is 5.35. The lowest BCUT2D eigenvalue weighted by molar-refractivity contribution is -0.142. The molecule has 3 aliphatic rings. The highest BCUT2D eigenvalue weighted by atomic mass is 16.2. The molecule has 1 saturated carbocycles. The third-order valence-electron chi connectivity index (χ3n) is 6.83. The van der Waals surface area contributed by atoms with Crippen LogP contribution in [-0.2, 0) is 17.9 Å². The van der Waals surface area contributed by atoms with Crippen molar-refractivity contribution in [2.24, 2.45) is 5.41 Å². The number of aryl methyl sites for hydroxylation is 1. The van der Waals surface area contributed by atoms with Gasteiger partial charge in [0.05, 0.1) is 6.54 Å². The summed E-state index contributed by atoms with van der Waals surface area (Å²) in [5, 5.41) is 0. The average molecular weight is 359 g/mol. The van der Waals surface area contributed by atoms with Crippen LogP contribution >= 0.6 is 0 Å². The van der Waals surface area contributed by atoms with Crippen LogP contribution in [0.3, 0.4) is 0 Å². The zero-order valence-corrected chi connectivity index (χ0v) is 16.3. The molecule has 1 atom stereocenters. The number of piperidine rings is 2. The van der Waals surface area contributed by atoms with Gasteiger partial charge in [-0.25, -0.2) is 4.98 Å². The Balaban J connectivity index is 1.43. The first kappa shape index (κ1) is 18.0. The molecule has 3 fully saturated rings. The minimum Gasteiger partial charge on any atom is -0.339 e.